The highest BCUT2D eigenvalue weighted by Crippen LogP contribution is 2.32. The second-order valence-corrected chi connectivity index (χ2v) is 7.49. The van der Waals surface area contributed by atoms with Gasteiger partial charge in [-0.2, -0.15) is 0 Å². The molecule has 0 heterocycles. The number of aryl methyl sites for hydroxylation is 1. The predicted octanol–water partition coefficient (Wildman–Crippen LogP) is 4.13. The number of rotatable bonds is 6. The van der Waals surface area contributed by atoms with E-state index in [1.54, 1.807) is 12.1 Å². The Balaban J connectivity index is 1.92. The number of amides is 1. The Morgan fingerprint density at radius 1 is 1.04 bits per heavy atom. The summed E-state index contributed by atoms with van der Waals surface area (Å²) in [5.41, 5.74) is 3.14. The number of hydrogen-bond acceptors (Lipinski definition) is 2. The summed E-state index contributed by atoms with van der Waals surface area (Å²) in [5.74, 6) is -0.316. The largest absolute Gasteiger partial charge is 0.351 e. The lowest BCUT2D eigenvalue weighted by Crippen LogP contribution is -2.39. The molecule has 134 valence electrons. The van der Waals surface area contributed by atoms with Gasteiger partial charge in [-0.05, 0) is 35.6 Å². The number of halogens is 1. The van der Waals surface area contributed by atoms with E-state index in [2.05, 4.69) is 31.4 Å². The fourth-order valence-electron chi connectivity index (χ4n) is 2.74. The van der Waals surface area contributed by atoms with Crippen molar-refractivity contribution in [2.45, 2.75) is 40.3 Å². The summed E-state index contributed by atoms with van der Waals surface area (Å²) in [5, 5.41) is 6.23. The van der Waals surface area contributed by atoms with E-state index >= 15 is 0 Å². The summed E-state index contributed by atoms with van der Waals surface area (Å²) in [6, 6.07) is 14.5. The molecule has 0 spiro atoms. The first kappa shape index (κ1) is 19.1. The third-order valence-electron chi connectivity index (χ3n) is 4.15. The molecule has 2 aromatic rings. The smallest absolute Gasteiger partial charge is 0.234 e. The summed E-state index contributed by atoms with van der Waals surface area (Å²) < 4.78 is 13.2. The van der Waals surface area contributed by atoms with Crippen molar-refractivity contribution in [2.75, 3.05) is 6.54 Å². The van der Waals surface area contributed by atoms with Crippen LogP contribution in [0, 0.1) is 18.2 Å². The van der Waals surface area contributed by atoms with Gasteiger partial charge in [0.2, 0.25) is 5.91 Å². The number of carbonyl (C=O) groups is 1. The van der Waals surface area contributed by atoms with Crippen LogP contribution in [-0.2, 0) is 11.3 Å². The van der Waals surface area contributed by atoms with Crippen LogP contribution in [0.1, 0.15) is 43.5 Å². The van der Waals surface area contributed by atoms with Gasteiger partial charge < -0.3 is 10.6 Å². The zero-order chi connectivity index (χ0) is 18.4. The van der Waals surface area contributed by atoms with E-state index in [1.807, 2.05) is 31.2 Å². The van der Waals surface area contributed by atoms with Crippen LogP contribution in [0.25, 0.3) is 0 Å². The molecule has 0 aromatic heterocycles. The Kier molecular flexibility index (Phi) is 6.32. The van der Waals surface area contributed by atoms with Crippen molar-refractivity contribution in [3.8, 4) is 0 Å². The maximum absolute atomic E-state index is 13.2. The molecule has 0 aliphatic rings. The summed E-state index contributed by atoms with van der Waals surface area (Å²) in [6.45, 7) is 9.05. The number of benzene rings is 2. The van der Waals surface area contributed by atoms with Crippen molar-refractivity contribution in [1.82, 2.24) is 10.6 Å². The molecule has 0 radical (unpaired) electrons. The van der Waals surface area contributed by atoms with E-state index in [-0.39, 0.29) is 29.7 Å². The number of nitrogens with one attached hydrogen (secondary N) is 2. The summed E-state index contributed by atoms with van der Waals surface area (Å²) in [7, 11) is 0. The van der Waals surface area contributed by atoms with Crippen molar-refractivity contribution in [3.05, 3.63) is 71.0 Å². The standard InChI is InChI=1S/C21H27FN2O/c1-15-5-7-16(8-6-15)13-23-19(25)14-24-20(21(2,3)4)17-9-11-18(22)12-10-17/h5-12,20,24H,13-14H2,1-4H3,(H,23,25). The molecule has 2 rings (SSSR count). The average molecular weight is 342 g/mol. The van der Waals surface area contributed by atoms with Gasteiger partial charge in [0.05, 0.1) is 6.54 Å². The van der Waals surface area contributed by atoms with Gasteiger partial charge in [0, 0.05) is 12.6 Å². The van der Waals surface area contributed by atoms with Crippen molar-refractivity contribution in [1.29, 1.82) is 0 Å². The number of carbonyl (C=O) groups excluding carboxylic acids is 1. The average Bonchev–Trinajstić information content (AvgIpc) is 2.55. The molecule has 3 nitrogen and oxygen atoms in total. The highest BCUT2D eigenvalue weighted by molar-refractivity contribution is 5.78. The van der Waals surface area contributed by atoms with E-state index in [4.69, 9.17) is 0 Å². The summed E-state index contributed by atoms with van der Waals surface area (Å²) in [4.78, 5) is 12.2. The fourth-order valence-corrected chi connectivity index (χ4v) is 2.74. The predicted molar refractivity (Wildman–Crippen MR) is 99.6 cm³/mol. The van der Waals surface area contributed by atoms with Crippen molar-refractivity contribution in [2.24, 2.45) is 5.41 Å². The molecule has 0 fully saturated rings. The van der Waals surface area contributed by atoms with E-state index in [9.17, 15) is 9.18 Å². The van der Waals surface area contributed by atoms with Crippen LogP contribution < -0.4 is 10.6 Å². The van der Waals surface area contributed by atoms with Gasteiger partial charge in [0.1, 0.15) is 5.82 Å². The van der Waals surface area contributed by atoms with Crippen LogP contribution in [0.4, 0.5) is 4.39 Å². The first-order valence-corrected chi connectivity index (χ1v) is 8.57. The quantitative estimate of drug-likeness (QED) is 0.829. The molecule has 0 bridgehead atoms. The zero-order valence-electron chi connectivity index (χ0n) is 15.4. The molecule has 1 amide bonds. The fraction of sp³-hybridized carbons (Fsp3) is 0.381. The molecule has 2 N–H and O–H groups in total. The summed E-state index contributed by atoms with van der Waals surface area (Å²) >= 11 is 0. The molecule has 4 heteroatoms. The van der Waals surface area contributed by atoms with Gasteiger partial charge >= 0.3 is 0 Å². The third kappa shape index (κ3) is 5.98. The molecule has 25 heavy (non-hydrogen) atoms. The Labute approximate surface area is 149 Å². The van der Waals surface area contributed by atoms with Crippen LogP contribution in [0.3, 0.4) is 0 Å². The lowest BCUT2D eigenvalue weighted by Gasteiger charge is -2.32. The monoisotopic (exact) mass is 342 g/mol. The van der Waals surface area contributed by atoms with E-state index < -0.39 is 0 Å². The SMILES string of the molecule is Cc1ccc(CNC(=O)CNC(c2ccc(F)cc2)C(C)(C)C)cc1. The molecule has 2 aromatic carbocycles. The molecule has 0 saturated heterocycles. The molecule has 1 atom stereocenters. The van der Waals surface area contributed by atoms with Crippen molar-refractivity contribution in [3.63, 3.8) is 0 Å². The van der Waals surface area contributed by atoms with Crippen LogP contribution in [-0.4, -0.2) is 12.5 Å². The lowest BCUT2D eigenvalue weighted by atomic mass is 9.82. The zero-order valence-corrected chi connectivity index (χ0v) is 15.4. The topological polar surface area (TPSA) is 41.1 Å². The van der Waals surface area contributed by atoms with Gasteiger partial charge in [0.25, 0.3) is 0 Å². The normalized spacial score (nSPS) is 12.7. The van der Waals surface area contributed by atoms with Crippen LogP contribution in [0.2, 0.25) is 0 Å². The second-order valence-electron chi connectivity index (χ2n) is 7.49. The van der Waals surface area contributed by atoms with Gasteiger partial charge in [-0.1, -0.05) is 62.7 Å². The minimum absolute atomic E-state index is 0.0433. The van der Waals surface area contributed by atoms with E-state index in [0.29, 0.717) is 6.54 Å². The highest BCUT2D eigenvalue weighted by Gasteiger charge is 2.26. The van der Waals surface area contributed by atoms with Crippen LogP contribution in [0.5, 0.6) is 0 Å². The molecular formula is C21H27FN2O. The molecule has 0 aliphatic heterocycles. The third-order valence-corrected chi connectivity index (χ3v) is 4.15. The van der Waals surface area contributed by atoms with Gasteiger partial charge in [-0.15, -0.1) is 0 Å². The Bertz CT molecular complexity index is 687. The van der Waals surface area contributed by atoms with Crippen molar-refractivity contribution < 1.29 is 9.18 Å². The Morgan fingerprint density at radius 2 is 1.64 bits per heavy atom. The first-order chi connectivity index (χ1) is 11.8. The van der Waals surface area contributed by atoms with E-state index in [1.165, 1.54) is 17.7 Å². The maximum atomic E-state index is 13.2. The van der Waals surface area contributed by atoms with E-state index in [0.717, 1.165) is 11.1 Å². The van der Waals surface area contributed by atoms with Crippen LogP contribution in [0.15, 0.2) is 48.5 Å². The molecule has 1 unspecified atom stereocenters. The Hall–Kier alpha value is -2.20. The van der Waals surface area contributed by atoms with Crippen molar-refractivity contribution >= 4 is 5.91 Å². The minimum Gasteiger partial charge on any atom is -0.351 e. The maximum Gasteiger partial charge on any atom is 0.234 e. The lowest BCUT2D eigenvalue weighted by molar-refractivity contribution is -0.120. The Morgan fingerprint density at radius 3 is 2.20 bits per heavy atom. The summed E-state index contributed by atoms with van der Waals surface area (Å²) in [6.07, 6.45) is 0. The highest BCUT2D eigenvalue weighted by atomic mass is 19.1. The second kappa shape index (κ2) is 8.26. The molecule has 0 aliphatic carbocycles. The first-order valence-electron chi connectivity index (χ1n) is 8.57. The van der Waals surface area contributed by atoms with Gasteiger partial charge in [-0.3, -0.25) is 4.79 Å². The minimum atomic E-state index is -0.257. The van der Waals surface area contributed by atoms with Gasteiger partial charge in [-0.25, -0.2) is 4.39 Å². The number of hydrogen-bond donors (Lipinski definition) is 2. The van der Waals surface area contributed by atoms with Crippen LogP contribution >= 0.6 is 0 Å². The molecule has 0 saturated carbocycles. The van der Waals surface area contributed by atoms with Gasteiger partial charge in [0.15, 0.2) is 0 Å². The molecular weight excluding hydrogens is 315 g/mol.